The summed E-state index contributed by atoms with van der Waals surface area (Å²) >= 11 is 0. The first kappa shape index (κ1) is 11.7. The molecule has 1 unspecified atom stereocenters. The second-order valence-corrected chi connectivity index (χ2v) is 4.82. The molecule has 0 fully saturated rings. The van der Waals surface area contributed by atoms with Crippen molar-refractivity contribution in [2.24, 2.45) is 11.1 Å². The number of hydrogen-bond donors (Lipinski definition) is 1. The molecular formula is C11H23N. The van der Waals surface area contributed by atoms with E-state index in [4.69, 9.17) is 5.73 Å². The van der Waals surface area contributed by atoms with Crippen LogP contribution in [-0.2, 0) is 0 Å². The summed E-state index contributed by atoms with van der Waals surface area (Å²) < 4.78 is 0. The van der Waals surface area contributed by atoms with Crippen LogP contribution in [0, 0.1) is 5.41 Å². The van der Waals surface area contributed by atoms with Crippen LogP contribution in [0.2, 0.25) is 0 Å². The van der Waals surface area contributed by atoms with Crippen molar-refractivity contribution in [3.05, 3.63) is 12.2 Å². The van der Waals surface area contributed by atoms with Gasteiger partial charge in [-0.05, 0) is 31.6 Å². The zero-order valence-corrected chi connectivity index (χ0v) is 8.98. The van der Waals surface area contributed by atoms with Gasteiger partial charge in [-0.1, -0.05) is 26.3 Å². The highest BCUT2D eigenvalue weighted by Gasteiger charge is 2.19. The van der Waals surface area contributed by atoms with E-state index in [1.807, 2.05) is 0 Å². The van der Waals surface area contributed by atoms with E-state index in [1.165, 1.54) is 12.0 Å². The third-order valence-electron chi connectivity index (χ3n) is 2.23. The lowest BCUT2D eigenvalue weighted by atomic mass is 9.84. The Labute approximate surface area is 77.0 Å². The van der Waals surface area contributed by atoms with E-state index in [2.05, 4.69) is 34.3 Å². The zero-order valence-electron chi connectivity index (χ0n) is 8.98. The Balaban J connectivity index is 3.58. The zero-order chi connectivity index (χ0) is 9.78. The highest BCUT2D eigenvalue weighted by Crippen LogP contribution is 2.21. The summed E-state index contributed by atoms with van der Waals surface area (Å²) in [5.41, 5.74) is 7.51. The second-order valence-electron chi connectivity index (χ2n) is 4.82. The van der Waals surface area contributed by atoms with Crippen molar-refractivity contribution in [3.63, 3.8) is 0 Å². The standard InChI is InChI=1S/C11H23N/c1-9(2)7-6-8-10(12)11(3,4)5/h10H,1,6-8,12H2,2-5H3. The molecule has 0 aromatic heterocycles. The molecule has 0 aromatic carbocycles. The Hall–Kier alpha value is -0.300. The van der Waals surface area contributed by atoms with Crippen LogP contribution in [-0.4, -0.2) is 6.04 Å². The van der Waals surface area contributed by atoms with E-state index in [-0.39, 0.29) is 5.41 Å². The lowest BCUT2D eigenvalue weighted by Gasteiger charge is -2.26. The van der Waals surface area contributed by atoms with Crippen LogP contribution < -0.4 is 5.73 Å². The third kappa shape index (κ3) is 5.36. The molecule has 12 heavy (non-hydrogen) atoms. The van der Waals surface area contributed by atoms with Gasteiger partial charge >= 0.3 is 0 Å². The summed E-state index contributed by atoms with van der Waals surface area (Å²) in [5.74, 6) is 0. The summed E-state index contributed by atoms with van der Waals surface area (Å²) in [5, 5.41) is 0. The van der Waals surface area contributed by atoms with E-state index in [0.717, 1.165) is 12.8 Å². The molecule has 72 valence electrons. The van der Waals surface area contributed by atoms with Gasteiger partial charge in [0.15, 0.2) is 0 Å². The maximum Gasteiger partial charge on any atom is 0.00877 e. The monoisotopic (exact) mass is 169 g/mol. The quantitative estimate of drug-likeness (QED) is 0.643. The first-order valence-corrected chi connectivity index (χ1v) is 4.74. The summed E-state index contributed by atoms with van der Waals surface area (Å²) in [4.78, 5) is 0. The van der Waals surface area contributed by atoms with Crippen LogP contribution in [0.25, 0.3) is 0 Å². The molecule has 0 saturated heterocycles. The minimum absolute atomic E-state index is 0.245. The molecule has 0 aliphatic rings. The molecule has 1 heteroatoms. The van der Waals surface area contributed by atoms with Gasteiger partial charge in [0.25, 0.3) is 0 Å². The Kier molecular flexibility index (Phi) is 4.54. The molecule has 0 rings (SSSR count). The van der Waals surface area contributed by atoms with Crippen LogP contribution in [0.5, 0.6) is 0 Å². The molecule has 0 amide bonds. The van der Waals surface area contributed by atoms with Crippen LogP contribution in [0.4, 0.5) is 0 Å². The molecule has 0 aromatic rings. The average molecular weight is 169 g/mol. The van der Waals surface area contributed by atoms with Crippen LogP contribution in [0.1, 0.15) is 47.0 Å². The fraction of sp³-hybridized carbons (Fsp3) is 0.818. The lowest BCUT2D eigenvalue weighted by molar-refractivity contribution is 0.301. The number of hydrogen-bond acceptors (Lipinski definition) is 1. The van der Waals surface area contributed by atoms with E-state index < -0.39 is 0 Å². The van der Waals surface area contributed by atoms with Gasteiger partial charge in [0.1, 0.15) is 0 Å². The van der Waals surface area contributed by atoms with Crippen molar-refractivity contribution in [3.8, 4) is 0 Å². The van der Waals surface area contributed by atoms with Crippen molar-refractivity contribution in [1.82, 2.24) is 0 Å². The van der Waals surface area contributed by atoms with E-state index in [9.17, 15) is 0 Å². The Morgan fingerprint density at radius 1 is 1.42 bits per heavy atom. The molecule has 0 saturated carbocycles. The SMILES string of the molecule is C=C(C)CCCC(N)C(C)(C)C. The topological polar surface area (TPSA) is 26.0 Å². The molecule has 0 aliphatic heterocycles. The number of nitrogens with two attached hydrogens (primary N) is 1. The minimum Gasteiger partial charge on any atom is -0.327 e. The van der Waals surface area contributed by atoms with Gasteiger partial charge in [-0.25, -0.2) is 0 Å². The minimum atomic E-state index is 0.245. The van der Waals surface area contributed by atoms with E-state index in [1.54, 1.807) is 0 Å². The van der Waals surface area contributed by atoms with Gasteiger partial charge in [0.2, 0.25) is 0 Å². The van der Waals surface area contributed by atoms with Crippen molar-refractivity contribution in [1.29, 1.82) is 0 Å². The van der Waals surface area contributed by atoms with Gasteiger partial charge in [-0.3, -0.25) is 0 Å². The van der Waals surface area contributed by atoms with Crippen molar-refractivity contribution in [2.75, 3.05) is 0 Å². The first-order valence-electron chi connectivity index (χ1n) is 4.74. The van der Waals surface area contributed by atoms with Crippen LogP contribution >= 0.6 is 0 Å². The molecular weight excluding hydrogens is 146 g/mol. The predicted octanol–water partition coefficient (Wildman–Crippen LogP) is 3.11. The van der Waals surface area contributed by atoms with Gasteiger partial charge in [0.05, 0.1) is 0 Å². The molecule has 0 radical (unpaired) electrons. The molecule has 0 heterocycles. The average Bonchev–Trinajstić information content (AvgIpc) is 1.84. The first-order chi connectivity index (χ1) is 5.34. The number of rotatable bonds is 4. The van der Waals surface area contributed by atoms with Gasteiger partial charge in [-0.15, -0.1) is 6.58 Å². The smallest absolute Gasteiger partial charge is 0.00877 e. The lowest BCUT2D eigenvalue weighted by Crippen LogP contribution is -2.34. The van der Waals surface area contributed by atoms with Crippen molar-refractivity contribution in [2.45, 2.75) is 53.0 Å². The van der Waals surface area contributed by atoms with E-state index >= 15 is 0 Å². The highest BCUT2D eigenvalue weighted by molar-refractivity contribution is 4.88. The molecule has 1 nitrogen and oxygen atoms in total. The maximum atomic E-state index is 6.01. The molecule has 2 N–H and O–H groups in total. The summed E-state index contributed by atoms with van der Waals surface area (Å²) in [6.45, 7) is 12.5. The van der Waals surface area contributed by atoms with Crippen molar-refractivity contribution >= 4 is 0 Å². The summed E-state index contributed by atoms with van der Waals surface area (Å²) in [6, 6.07) is 0.317. The van der Waals surface area contributed by atoms with Gasteiger partial charge in [0, 0.05) is 6.04 Å². The maximum absolute atomic E-state index is 6.01. The molecule has 1 atom stereocenters. The molecule has 0 spiro atoms. The Morgan fingerprint density at radius 3 is 2.25 bits per heavy atom. The van der Waals surface area contributed by atoms with Crippen LogP contribution in [0.15, 0.2) is 12.2 Å². The number of allylic oxidation sites excluding steroid dienone is 1. The third-order valence-corrected chi connectivity index (χ3v) is 2.23. The predicted molar refractivity (Wildman–Crippen MR) is 56.1 cm³/mol. The summed E-state index contributed by atoms with van der Waals surface area (Å²) in [7, 11) is 0. The molecule has 0 bridgehead atoms. The van der Waals surface area contributed by atoms with E-state index in [0.29, 0.717) is 6.04 Å². The van der Waals surface area contributed by atoms with Gasteiger partial charge in [-0.2, -0.15) is 0 Å². The Morgan fingerprint density at radius 2 is 1.92 bits per heavy atom. The largest absolute Gasteiger partial charge is 0.327 e. The second kappa shape index (κ2) is 4.66. The normalized spacial score (nSPS) is 14.4. The highest BCUT2D eigenvalue weighted by atomic mass is 14.7. The fourth-order valence-corrected chi connectivity index (χ4v) is 1.06. The van der Waals surface area contributed by atoms with Crippen molar-refractivity contribution < 1.29 is 0 Å². The fourth-order valence-electron chi connectivity index (χ4n) is 1.06. The summed E-state index contributed by atoms with van der Waals surface area (Å²) in [6.07, 6.45) is 3.40. The van der Waals surface area contributed by atoms with Gasteiger partial charge < -0.3 is 5.73 Å². The molecule has 0 aliphatic carbocycles. The van der Waals surface area contributed by atoms with Crippen LogP contribution in [0.3, 0.4) is 0 Å². The Bertz CT molecular complexity index is 142.